The van der Waals surface area contributed by atoms with Crippen LogP contribution < -0.4 is 4.90 Å². The van der Waals surface area contributed by atoms with Crippen LogP contribution in [0.25, 0.3) is 11.5 Å². The fourth-order valence-electron chi connectivity index (χ4n) is 2.28. The van der Waals surface area contributed by atoms with E-state index in [9.17, 15) is 9.18 Å². The van der Waals surface area contributed by atoms with Gasteiger partial charge in [0.25, 0.3) is 5.89 Å². The van der Waals surface area contributed by atoms with Crippen molar-refractivity contribution >= 4 is 11.6 Å². The highest BCUT2D eigenvalue weighted by Crippen LogP contribution is 2.21. The van der Waals surface area contributed by atoms with E-state index in [1.807, 2.05) is 30.3 Å². The second-order valence-corrected chi connectivity index (χ2v) is 5.27. The Balaban J connectivity index is 1.64. The smallest absolute Gasteiger partial charge is 0.250 e. The number of hydrogen-bond acceptors (Lipinski definition) is 4. The van der Waals surface area contributed by atoms with Crippen LogP contribution in [0, 0.1) is 5.82 Å². The van der Waals surface area contributed by atoms with Crippen molar-refractivity contribution in [3.05, 3.63) is 66.3 Å². The van der Waals surface area contributed by atoms with Gasteiger partial charge in [-0.1, -0.05) is 30.3 Å². The molecule has 0 atom stereocenters. The van der Waals surface area contributed by atoms with E-state index in [0.717, 1.165) is 5.69 Å². The molecule has 1 heterocycles. The number of nitrogens with zero attached hydrogens (tertiary/aromatic N) is 3. The molecule has 5 nitrogen and oxygen atoms in total. The van der Waals surface area contributed by atoms with E-state index in [1.165, 1.54) is 6.07 Å². The van der Waals surface area contributed by atoms with Gasteiger partial charge in [-0.3, -0.25) is 4.79 Å². The number of carbonyl (C=O) groups is 1. The molecular weight excluding hydrogens is 309 g/mol. The van der Waals surface area contributed by atoms with Crippen molar-refractivity contribution in [3.8, 4) is 11.5 Å². The van der Waals surface area contributed by atoms with Crippen LogP contribution in [0.4, 0.5) is 10.1 Å². The molecule has 0 spiro atoms. The van der Waals surface area contributed by atoms with Gasteiger partial charge in [-0.25, -0.2) is 4.39 Å². The summed E-state index contributed by atoms with van der Waals surface area (Å²) in [4.78, 5) is 13.8. The Hall–Kier alpha value is -3.02. The van der Waals surface area contributed by atoms with Crippen LogP contribution in [0.15, 0.2) is 59.0 Å². The van der Waals surface area contributed by atoms with E-state index in [-0.39, 0.29) is 23.8 Å². The number of carbonyl (C=O) groups excluding carboxylic acids is 1. The van der Waals surface area contributed by atoms with Crippen molar-refractivity contribution in [2.45, 2.75) is 12.8 Å². The third-order valence-corrected chi connectivity index (χ3v) is 3.64. The Morgan fingerprint density at radius 2 is 1.79 bits per heavy atom. The zero-order valence-electron chi connectivity index (χ0n) is 13.1. The maximum Gasteiger partial charge on any atom is 0.250 e. The van der Waals surface area contributed by atoms with Crippen LogP contribution in [0.1, 0.15) is 12.3 Å². The minimum absolute atomic E-state index is 0.0631. The number of hydrogen-bond donors (Lipinski definition) is 0. The molecular formula is C18H16FN3O2. The number of aryl methyl sites for hydroxylation is 1. The van der Waals surface area contributed by atoms with E-state index in [4.69, 9.17) is 4.42 Å². The highest BCUT2D eigenvalue weighted by atomic mass is 19.1. The van der Waals surface area contributed by atoms with Crippen LogP contribution in [-0.2, 0) is 11.2 Å². The molecule has 0 bridgehead atoms. The molecule has 0 radical (unpaired) electrons. The number of halogens is 1. The number of para-hydroxylation sites is 1. The predicted octanol–water partition coefficient (Wildman–Crippen LogP) is 3.47. The van der Waals surface area contributed by atoms with Crippen molar-refractivity contribution in [1.29, 1.82) is 0 Å². The van der Waals surface area contributed by atoms with Crippen LogP contribution in [0.5, 0.6) is 0 Å². The Labute approximate surface area is 138 Å². The summed E-state index contributed by atoms with van der Waals surface area (Å²) in [7, 11) is 1.72. The fraction of sp³-hybridized carbons (Fsp3) is 0.167. The van der Waals surface area contributed by atoms with Crippen LogP contribution in [-0.4, -0.2) is 23.2 Å². The summed E-state index contributed by atoms with van der Waals surface area (Å²) in [6.45, 7) is 0. The summed E-state index contributed by atoms with van der Waals surface area (Å²) in [5.74, 6) is -0.0607. The van der Waals surface area contributed by atoms with Crippen molar-refractivity contribution in [2.24, 2.45) is 0 Å². The van der Waals surface area contributed by atoms with Crippen LogP contribution in [0.3, 0.4) is 0 Å². The molecule has 0 unspecified atom stereocenters. The minimum atomic E-state index is -0.424. The number of anilines is 1. The van der Waals surface area contributed by atoms with E-state index < -0.39 is 5.82 Å². The van der Waals surface area contributed by atoms with Gasteiger partial charge in [0.2, 0.25) is 11.8 Å². The largest absolute Gasteiger partial charge is 0.421 e. The third kappa shape index (κ3) is 3.48. The molecule has 0 saturated heterocycles. The number of amides is 1. The fourth-order valence-corrected chi connectivity index (χ4v) is 2.28. The number of rotatable bonds is 5. The molecule has 1 amide bonds. The Morgan fingerprint density at radius 1 is 1.08 bits per heavy atom. The minimum Gasteiger partial charge on any atom is -0.421 e. The molecule has 6 heteroatoms. The standard InChI is InChI=1S/C18H16FN3O2/c1-22(13-7-3-2-4-8-13)17(23)12-11-16-20-21-18(24-16)14-9-5-6-10-15(14)19/h2-10H,11-12H2,1H3. The molecule has 0 aliphatic heterocycles. The summed E-state index contributed by atoms with van der Waals surface area (Å²) in [6.07, 6.45) is 0.530. The average Bonchev–Trinajstić information content (AvgIpc) is 3.09. The van der Waals surface area contributed by atoms with Crippen molar-refractivity contribution in [2.75, 3.05) is 11.9 Å². The lowest BCUT2D eigenvalue weighted by Gasteiger charge is -2.16. The number of aromatic nitrogens is 2. The van der Waals surface area contributed by atoms with E-state index in [0.29, 0.717) is 12.3 Å². The maximum absolute atomic E-state index is 13.7. The SMILES string of the molecule is CN(C(=O)CCc1nnc(-c2ccccc2F)o1)c1ccccc1. The van der Waals surface area contributed by atoms with Gasteiger partial charge in [-0.15, -0.1) is 10.2 Å². The summed E-state index contributed by atoms with van der Waals surface area (Å²) in [6, 6.07) is 15.6. The lowest BCUT2D eigenvalue weighted by Crippen LogP contribution is -2.26. The maximum atomic E-state index is 13.7. The predicted molar refractivity (Wildman–Crippen MR) is 87.9 cm³/mol. The normalized spacial score (nSPS) is 10.6. The second kappa shape index (κ2) is 7.04. The molecule has 0 saturated carbocycles. The molecule has 24 heavy (non-hydrogen) atoms. The van der Waals surface area contributed by atoms with Gasteiger partial charge in [0, 0.05) is 25.6 Å². The van der Waals surface area contributed by atoms with Gasteiger partial charge < -0.3 is 9.32 Å². The summed E-state index contributed by atoms with van der Waals surface area (Å²) < 4.78 is 19.2. The van der Waals surface area contributed by atoms with E-state index >= 15 is 0 Å². The molecule has 0 aliphatic carbocycles. The second-order valence-electron chi connectivity index (χ2n) is 5.27. The quantitative estimate of drug-likeness (QED) is 0.721. The Kier molecular flexibility index (Phi) is 4.65. The highest BCUT2D eigenvalue weighted by molar-refractivity contribution is 5.92. The van der Waals surface area contributed by atoms with Crippen LogP contribution in [0.2, 0.25) is 0 Å². The first-order valence-electron chi connectivity index (χ1n) is 7.54. The van der Waals surface area contributed by atoms with Crippen molar-refractivity contribution in [1.82, 2.24) is 10.2 Å². The third-order valence-electron chi connectivity index (χ3n) is 3.64. The first kappa shape index (κ1) is 15.9. The molecule has 3 aromatic rings. The topological polar surface area (TPSA) is 59.2 Å². The van der Waals surface area contributed by atoms with E-state index in [2.05, 4.69) is 10.2 Å². The van der Waals surface area contributed by atoms with Gasteiger partial charge in [0.1, 0.15) is 5.82 Å². The summed E-state index contributed by atoms with van der Waals surface area (Å²) in [5, 5.41) is 7.73. The molecule has 0 aliphatic rings. The van der Waals surface area contributed by atoms with E-state index in [1.54, 1.807) is 30.1 Å². The molecule has 0 N–H and O–H groups in total. The van der Waals surface area contributed by atoms with Crippen molar-refractivity contribution in [3.63, 3.8) is 0 Å². The van der Waals surface area contributed by atoms with Gasteiger partial charge >= 0.3 is 0 Å². The number of benzene rings is 2. The molecule has 3 rings (SSSR count). The molecule has 122 valence electrons. The zero-order valence-corrected chi connectivity index (χ0v) is 13.1. The molecule has 2 aromatic carbocycles. The van der Waals surface area contributed by atoms with Gasteiger partial charge in [0.15, 0.2) is 0 Å². The van der Waals surface area contributed by atoms with Gasteiger partial charge in [-0.2, -0.15) is 0 Å². The monoisotopic (exact) mass is 325 g/mol. The summed E-state index contributed by atoms with van der Waals surface area (Å²) >= 11 is 0. The van der Waals surface area contributed by atoms with Crippen LogP contribution >= 0.6 is 0 Å². The first-order valence-corrected chi connectivity index (χ1v) is 7.54. The zero-order chi connectivity index (χ0) is 16.9. The average molecular weight is 325 g/mol. The molecule has 0 fully saturated rings. The summed E-state index contributed by atoms with van der Waals surface area (Å²) in [5.41, 5.74) is 1.07. The molecule has 1 aromatic heterocycles. The Morgan fingerprint density at radius 3 is 2.54 bits per heavy atom. The lowest BCUT2D eigenvalue weighted by atomic mass is 10.2. The van der Waals surface area contributed by atoms with Gasteiger partial charge in [0.05, 0.1) is 5.56 Å². The lowest BCUT2D eigenvalue weighted by molar-refractivity contribution is -0.118. The first-order chi connectivity index (χ1) is 11.6. The highest BCUT2D eigenvalue weighted by Gasteiger charge is 2.15. The van der Waals surface area contributed by atoms with Crippen molar-refractivity contribution < 1.29 is 13.6 Å². The van der Waals surface area contributed by atoms with Gasteiger partial charge in [-0.05, 0) is 24.3 Å². The Bertz CT molecular complexity index is 833.